The van der Waals surface area contributed by atoms with Crippen molar-refractivity contribution in [2.24, 2.45) is 0 Å². The van der Waals surface area contributed by atoms with Gasteiger partial charge in [0.05, 0.1) is 0 Å². The number of alkyl carbamates (subject to hydrolysis) is 1. The molecule has 1 unspecified atom stereocenters. The van der Waals surface area contributed by atoms with Crippen LogP contribution in [-0.4, -0.2) is 40.3 Å². The molecule has 0 spiro atoms. The molecule has 8 heteroatoms. The summed E-state index contributed by atoms with van der Waals surface area (Å²) >= 11 is 3.16. The minimum Gasteiger partial charge on any atom is -0.504 e. The van der Waals surface area contributed by atoms with Crippen LogP contribution < -0.4 is 5.32 Å². The molecular weight excluding hydrogens is 418 g/mol. The van der Waals surface area contributed by atoms with E-state index in [2.05, 4.69) is 21.2 Å². The van der Waals surface area contributed by atoms with Crippen molar-refractivity contribution in [3.63, 3.8) is 0 Å². The Labute approximate surface area is 165 Å². The van der Waals surface area contributed by atoms with Crippen molar-refractivity contribution in [2.75, 3.05) is 11.9 Å². The summed E-state index contributed by atoms with van der Waals surface area (Å²) in [5.41, 5.74) is 1.35. The van der Waals surface area contributed by atoms with Crippen molar-refractivity contribution < 1.29 is 29.3 Å². The van der Waals surface area contributed by atoms with Gasteiger partial charge in [-0.05, 0) is 23.3 Å². The highest BCUT2D eigenvalue weighted by atomic mass is 79.9. The number of alkyl halides is 1. The zero-order valence-corrected chi connectivity index (χ0v) is 16.0. The van der Waals surface area contributed by atoms with Crippen LogP contribution in [0.4, 0.5) is 4.79 Å². The molecule has 0 aromatic heterocycles. The lowest BCUT2D eigenvalue weighted by molar-refractivity contribution is -0.145. The zero-order valence-electron chi connectivity index (χ0n) is 14.4. The van der Waals surface area contributed by atoms with Gasteiger partial charge in [-0.25, -0.2) is 9.59 Å². The van der Waals surface area contributed by atoms with Gasteiger partial charge in [-0.2, -0.15) is 0 Å². The average molecular weight is 438 g/mol. The predicted molar refractivity (Wildman–Crippen MR) is 102 cm³/mol. The summed E-state index contributed by atoms with van der Waals surface area (Å²) in [5, 5.41) is 21.9. The first-order valence-corrected chi connectivity index (χ1v) is 9.32. The minimum atomic E-state index is -1.00. The largest absolute Gasteiger partial charge is 0.504 e. The summed E-state index contributed by atoms with van der Waals surface area (Å²) in [6.07, 6.45) is -0.697. The molecular formula is C19H20BrNO6. The Morgan fingerprint density at radius 2 is 1.74 bits per heavy atom. The lowest BCUT2D eigenvalue weighted by Gasteiger charge is -2.18. The van der Waals surface area contributed by atoms with Crippen LogP contribution in [0.1, 0.15) is 11.1 Å². The lowest BCUT2D eigenvalue weighted by atomic mass is 10.1. The predicted octanol–water partition coefficient (Wildman–Crippen LogP) is 2.87. The average Bonchev–Trinajstić information content (AvgIpc) is 2.67. The molecule has 7 nitrogen and oxygen atoms in total. The number of rotatable bonds is 8. The van der Waals surface area contributed by atoms with Gasteiger partial charge in [0.25, 0.3) is 0 Å². The molecule has 0 aliphatic rings. The standard InChI is InChI=1S/C19H20BrNO6/c20-8-9-26-18(24)15(10-14-6-7-16(22)17(23)11-14)21-19(25)27-12-13-4-2-1-3-5-13/h1-7,11,15,22-23H,8-10,12H2,(H,21,25). The maximum atomic E-state index is 12.2. The minimum absolute atomic E-state index is 0.0649. The molecule has 144 valence electrons. The van der Waals surface area contributed by atoms with E-state index >= 15 is 0 Å². The van der Waals surface area contributed by atoms with Gasteiger partial charge in [-0.15, -0.1) is 0 Å². The first kappa shape index (κ1) is 20.6. The summed E-state index contributed by atoms with van der Waals surface area (Å²) in [4.78, 5) is 24.3. The van der Waals surface area contributed by atoms with Gasteiger partial charge in [0, 0.05) is 11.8 Å². The van der Waals surface area contributed by atoms with E-state index in [4.69, 9.17) is 9.47 Å². The van der Waals surface area contributed by atoms with Crippen LogP contribution in [0.15, 0.2) is 48.5 Å². The van der Waals surface area contributed by atoms with Gasteiger partial charge in [-0.1, -0.05) is 52.3 Å². The van der Waals surface area contributed by atoms with E-state index in [1.54, 1.807) is 0 Å². The molecule has 0 saturated heterocycles. The van der Waals surface area contributed by atoms with Crippen molar-refractivity contribution >= 4 is 28.0 Å². The number of ether oxygens (including phenoxy) is 2. The SMILES string of the molecule is O=C(NC(Cc1ccc(O)c(O)c1)C(=O)OCCBr)OCc1ccccc1. The summed E-state index contributed by atoms with van der Waals surface area (Å²) in [5.74, 6) is -1.21. The number of phenolic OH excluding ortho intramolecular Hbond substituents is 2. The third-order valence-electron chi connectivity index (χ3n) is 3.59. The molecule has 2 rings (SSSR count). The highest BCUT2D eigenvalue weighted by Crippen LogP contribution is 2.25. The molecule has 2 aromatic rings. The normalized spacial score (nSPS) is 11.4. The second-order valence-corrected chi connectivity index (χ2v) is 6.44. The first-order chi connectivity index (χ1) is 13.0. The Morgan fingerprint density at radius 1 is 1.00 bits per heavy atom. The number of amides is 1. The maximum absolute atomic E-state index is 12.2. The van der Waals surface area contributed by atoms with Crippen LogP contribution in [0.2, 0.25) is 0 Å². The number of esters is 1. The molecule has 0 aliphatic carbocycles. The van der Waals surface area contributed by atoms with E-state index in [0.29, 0.717) is 10.9 Å². The summed E-state index contributed by atoms with van der Waals surface area (Å²) in [6.45, 7) is 0.215. The maximum Gasteiger partial charge on any atom is 0.408 e. The Kier molecular flexibility index (Phi) is 7.94. The van der Waals surface area contributed by atoms with Crippen molar-refractivity contribution in [3.05, 3.63) is 59.7 Å². The second-order valence-electron chi connectivity index (χ2n) is 5.64. The van der Waals surface area contributed by atoms with E-state index in [9.17, 15) is 19.8 Å². The van der Waals surface area contributed by atoms with Gasteiger partial charge in [0.1, 0.15) is 19.3 Å². The second kappa shape index (κ2) is 10.4. The summed E-state index contributed by atoms with van der Waals surface area (Å²) in [7, 11) is 0. The highest BCUT2D eigenvalue weighted by molar-refractivity contribution is 9.09. The molecule has 0 heterocycles. The number of benzene rings is 2. The highest BCUT2D eigenvalue weighted by Gasteiger charge is 2.24. The molecule has 27 heavy (non-hydrogen) atoms. The van der Waals surface area contributed by atoms with E-state index < -0.39 is 18.1 Å². The van der Waals surface area contributed by atoms with E-state index in [-0.39, 0.29) is 31.1 Å². The molecule has 0 saturated carbocycles. The number of halogens is 1. The third-order valence-corrected chi connectivity index (χ3v) is 3.91. The molecule has 1 atom stereocenters. The monoisotopic (exact) mass is 437 g/mol. The lowest BCUT2D eigenvalue weighted by Crippen LogP contribution is -2.43. The number of carbonyl (C=O) groups is 2. The van der Waals surface area contributed by atoms with Crippen LogP contribution in [-0.2, 0) is 27.3 Å². The van der Waals surface area contributed by atoms with E-state index in [1.807, 2.05) is 30.3 Å². The van der Waals surface area contributed by atoms with Crippen molar-refractivity contribution in [2.45, 2.75) is 19.1 Å². The van der Waals surface area contributed by atoms with Crippen LogP contribution in [0.3, 0.4) is 0 Å². The Balaban J connectivity index is 2.01. The van der Waals surface area contributed by atoms with Gasteiger partial charge in [0.2, 0.25) is 0 Å². The Morgan fingerprint density at radius 3 is 2.41 bits per heavy atom. The topological polar surface area (TPSA) is 105 Å². The molecule has 0 aliphatic heterocycles. The molecule has 2 aromatic carbocycles. The fraction of sp³-hybridized carbons (Fsp3) is 0.263. The quantitative estimate of drug-likeness (QED) is 0.333. The van der Waals surface area contributed by atoms with Gasteiger partial charge >= 0.3 is 12.1 Å². The van der Waals surface area contributed by atoms with E-state index in [0.717, 1.165) is 5.56 Å². The zero-order chi connectivity index (χ0) is 19.6. The number of carbonyl (C=O) groups excluding carboxylic acids is 2. The van der Waals surface area contributed by atoms with Crippen LogP contribution in [0.5, 0.6) is 11.5 Å². The summed E-state index contributed by atoms with van der Waals surface area (Å²) < 4.78 is 10.2. The summed E-state index contributed by atoms with van der Waals surface area (Å²) in [6, 6.07) is 12.3. The fourth-order valence-corrected chi connectivity index (χ4v) is 2.43. The number of aromatic hydroxyl groups is 2. The Hall–Kier alpha value is -2.74. The smallest absolute Gasteiger partial charge is 0.408 e. The molecule has 0 bridgehead atoms. The van der Waals surface area contributed by atoms with Gasteiger partial charge in [0.15, 0.2) is 11.5 Å². The first-order valence-electron chi connectivity index (χ1n) is 8.20. The van der Waals surface area contributed by atoms with Crippen molar-refractivity contribution in [1.29, 1.82) is 0 Å². The van der Waals surface area contributed by atoms with Crippen LogP contribution >= 0.6 is 15.9 Å². The van der Waals surface area contributed by atoms with Gasteiger partial charge in [-0.3, -0.25) is 0 Å². The molecule has 0 fully saturated rings. The van der Waals surface area contributed by atoms with Crippen molar-refractivity contribution in [1.82, 2.24) is 5.32 Å². The Bertz CT molecular complexity index is 768. The molecule has 0 radical (unpaired) electrons. The number of phenols is 2. The van der Waals surface area contributed by atoms with Crippen LogP contribution in [0, 0.1) is 0 Å². The number of hydrogen-bond acceptors (Lipinski definition) is 6. The van der Waals surface area contributed by atoms with E-state index in [1.165, 1.54) is 18.2 Å². The van der Waals surface area contributed by atoms with Crippen molar-refractivity contribution in [3.8, 4) is 11.5 Å². The van der Waals surface area contributed by atoms with Crippen LogP contribution in [0.25, 0.3) is 0 Å². The van der Waals surface area contributed by atoms with Gasteiger partial charge < -0.3 is 25.0 Å². The number of hydrogen-bond donors (Lipinski definition) is 3. The fourth-order valence-electron chi connectivity index (χ4n) is 2.27. The third kappa shape index (κ3) is 6.82. The number of nitrogens with one attached hydrogen (secondary N) is 1. The molecule has 3 N–H and O–H groups in total. The molecule has 1 amide bonds.